The van der Waals surface area contributed by atoms with Gasteiger partial charge < -0.3 is 0 Å². The van der Waals surface area contributed by atoms with Crippen molar-refractivity contribution in [3.8, 4) is 0 Å². The molecule has 0 aliphatic heterocycles. The third kappa shape index (κ3) is 3.65. The van der Waals surface area contributed by atoms with E-state index < -0.39 is 10.0 Å². The van der Waals surface area contributed by atoms with E-state index in [2.05, 4.69) is 9.71 Å². The smallest absolute Gasteiger partial charge is 0.216 e. The minimum Gasteiger partial charge on any atom is -0.245 e. The van der Waals surface area contributed by atoms with Gasteiger partial charge in [0.2, 0.25) is 10.0 Å². The number of sulfonamides is 1. The van der Waals surface area contributed by atoms with Crippen molar-refractivity contribution in [2.24, 2.45) is 0 Å². The molecule has 1 aliphatic rings. The number of nitrogens with zero attached hydrogens (tertiary/aromatic N) is 1. The second-order valence-electron chi connectivity index (χ2n) is 5.01. The maximum atomic E-state index is 12.0. The molecule has 1 aromatic carbocycles. The summed E-state index contributed by atoms with van der Waals surface area (Å²) in [5.74, 6) is 0.621. The fraction of sp³-hybridized carbons (Fsp3) is 0.357. The van der Waals surface area contributed by atoms with Crippen molar-refractivity contribution in [3.05, 3.63) is 52.0 Å². The van der Waals surface area contributed by atoms with Crippen molar-refractivity contribution in [1.29, 1.82) is 0 Å². The molecule has 1 saturated carbocycles. The molecule has 2 aromatic rings. The van der Waals surface area contributed by atoms with Crippen LogP contribution in [-0.4, -0.2) is 13.4 Å². The zero-order chi connectivity index (χ0) is 14.0. The molecule has 1 fully saturated rings. The number of thiazole rings is 1. The number of hydrogen-bond acceptors (Lipinski definition) is 4. The van der Waals surface area contributed by atoms with Gasteiger partial charge in [-0.15, -0.1) is 11.3 Å². The van der Waals surface area contributed by atoms with Crippen LogP contribution >= 0.6 is 11.3 Å². The zero-order valence-corrected chi connectivity index (χ0v) is 12.6. The molecule has 0 unspecified atom stereocenters. The molecule has 20 heavy (non-hydrogen) atoms. The average Bonchev–Trinajstić information content (AvgIpc) is 3.16. The maximum absolute atomic E-state index is 12.0. The van der Waals surface area contributed by atoms with Crippen LogP contribution in [0.25, 0.3) is 0 Å². The predicted molar refractivity (Wildman–Crippen MR) is 80.0 cm³/mol. The van der Waals surface area contributed by atoms with E-state index in [1.807, 2.05) is 35.7 Å². The molecule has 0 bridgehead atoms. The normalized spacial score (nSPS) is 15.4. The fourth-order valence-electron chi connectivity index (χ4n) is 1.99. The van der Waals surface area contributed by atoms with E-state index in [0.29, 0.717) is 5.92 Å². The van der Waals surface area contributed by atoms with Gasteiger partial charge in [-0.3, -0.25) is 0 Å². The Morgan fingerprint density at radius 3 is 2.70 bits per heavy atom. The first kappa shape index (κ1) is 13.7. The molecule has 1 aliphatic carbocycles. The van der Waals surface area contributed by atoms with E-state index in [4.69, 9.17) is 0 Å². The lowest BCUT2D eigenvalue weighted by molar-refractivity contribution is 0.580. The molecule has 1 aromatic heterocycles. The topological polar surface area (TPSA) is 59.1 Å². The van der Waals surface area contributed by atoms with Crippen molar-refractivity contribution >= 4 is 21.4 Å². The summed E-state index contributed by atoms with van der Waals surface area (Å²) in [7, 11) is -3.31. The van der Waals surface area contributed by atoms with Crippen LogP contribution in [0.15, 0.2) is 35.7 Å². The Labute approximate surface area is 122 Å². The zero-order valence-electron chi connectivity index (χ0n) is 11.0. The van der Waals surface area contributed by atoms with Gasteiger partial charge in [0.05, 0.1) is 18.0 Å². The number of rotatable bonds is 6. The third-order valence-electron chi connectivity index (χ3n) is 3.21. The van der Waals surface area contributed by atoms with E-state index in [1.54, 1.807) is 0 Å². The highest BCUT2D eigenvalue weighted by molar-refractivity contribution is 7.88. The molecule has 0 radical (unpaired) electrons. The first-order chi connectivity index (χ1) is 9.62. The molecular formula is C14H16N2O2S2. The van der Waals surface area contributed by atoms with Crippen LogP contribution in [0.5, 0.6) is 0 Å². The first-order valence-corrected chi connectivity index (χ1v) is 9.11. The summed E-state index contributed by atoms with van der Waals surface area (Å²) in [4.78, 5) is 4.47. The summed E-state index contributed by atoms with van der Waals surface area (Å²) in [6, 6.07) is 9.18. The Bertz CT molecular complexity index is 676. The SMILES string of the molecule is O=S(=O)(Cc1ccccc1)NCc1nc(C2CC2)cs1. The second-order valence-corrected chi connectivity index (χ2v) is 7.76. The number of aromatic nitrogens is 1. The van der Waals surface area contributed by atoms with Crippen molar-refractivity contribution in [2.45, 2.75) is 31.1 Å². The number of hydrogen-bond donors (Lipinski definition) is 1. The molecular weight excluding hydrogens is 292 g/mol. The summed E-state index contributed by atoms with van der Waals surface area (Å²) in [5.41, 5.74) is 1.91. The van der Waals surface area contributed by atoms with Crippen molar-refractivity contribution < 1.29 is 8.42 Å². The Kier molecular flexibility index (Phi) is 3.87. The van der Waals surface area contributed by atoms with Crippen molar-refractivity contribution in [3.63, 3.8) is 0 Å². The van der Waals surface area contributed by atoms with Crippen LogP contribution in [0.1, 0.15) is 35.0 Å². The molecule has 0 saturated heterocycles. The van der Waals surface area contributed by atoms with Crippen LogP contribution in [0.4, 0.5) is 0 Å². The van der Waals surface area contributed by atoms with Gasteiger partial charge in [-0.1, -0.05) is 30.3 Å². The van der Waals surface area contributed by atoms with Crippen molar-refractivity contribution in [2.75, 3.05) is 0 Å². The quantitative estimate of drug-likeness (QED) is 0.892. The monoisotopic (exact) mass is 308 g/mol. The molecule has 106 valence electrons. The second kappa shape index (κ2) is 5.63. The van der Waals surface area contributed by atoms with E-state index in [1.165, 1.54) is 24.2 Å². The van der Waals surface area contributed by atoms with Gasteiger partial charge >= 0.3 is 0 Å². The maximum Gasteiger partial charge on any atom is 0.216 e. The first-order valence-electron chi connectivity index (χ1n) is 6.58. The minimum absolute atomic E-state index is 0.00863. The highest BCUT2D eigenvalue weighted by Crippen LogP contribution is 2.40. The van der Waals surface area contributed by atoms with Crippen LogP contribution in [0.2, 0.25) is 0 Å². The lowest BCUT2D eigenvalue weighted by Gasteiger charge is -2.05. The van der Waals surface area contributed by atoms with E-state index >= 15 is 0 Å². The van der Waals surface area contributed by atoms with Gasteiger partial charge in [-0.05, 0) is 18.4 Å². The average molecular weight is 308 g/mol. The predicted octanol–water partition coefficient (Wildman–Crippen LogP) is 2.64. The van der Waals surface area contributed by atoms with Gasteiger partial charge in [0.25, 0.3) is 0 Å². The highest BCUT2D eigenvalue weighted by atomic mass is 32.2. The van der Waals surface area contributed by atoms with Crippen molar-refractivity contribution in [1.82, 2.24) is 9.71 Å². The molecule has 3 rings (SSSR count). The fourth-order valence-corrected chi connectivity index (χ4v) is 3.99. The van der Waals surface area contributed by atoms with E-state index in [-0.39, 0.29) is 12.3 Å². The lowest BCUT2D eigenvalue weighted by atomic mass is 10.2. The molecule has 0 amide bonds. The van der Waals surface area contributed by atoms with Gasteiger partial charge in [-0.25, -0.2) is 18.1 Å². The minimum atomic E-state index is -3.31. The number of nitrogens with one attached hydrogen (secondary N) is 1. The molecule has 6 heteroatoms. The van der Waals surface area contributed by atoms with Crippen LogP contribution in [0.3, 0.4) is 0 Å². The van der Waals surface area contributed by atoms with E-state index in [0.717, 1.165) is 16.3 Å². The van der Waals surface area contributed by atoms with Crippen LogP contribution in [0, 0.1) is 0 Å². The van der Waals surface area contributed by atoms with Gasteiger partial charge in [0, 0.05) is 11.3 Å². The summed E-state index contributed by atoms with van der Waals surface area (Å²) < 4.78 is 26.6. The summed E-state index contributed by atoms with van der Waals surface area (Å²) in [6.45, 7) is 0.284. The molecule has 4 nitrogen and oxygen atoms in total. The lowest BCUT2D eigenvalue weighted by Crippen LogP contribution is -2.24. The highest BCUT2D eigenvalue weighted by Gasteiger charge is 2.26. The Morgan fingerprint density at radius 1 is 1.25 bits per heavy atom. The van der Waals surface area contributed by atoms with Gasteiger partial charge in [0.15, 0.2) is 0 Å². The van der Waals surface area contributed by atoms with Gasteiger partial charge in [-0.2, -0.15) is 0 Å². The molecule has 1 N–H and O–H groups in total. The summed E-state index contributed by atoms with van der Waals surface area (Å²) in [5, 5.41) is 2.88. The molecule has 0 atom stereocenters. The van der Waals surface area contributed by atoms with Gasteiger partial charge in [0.1, 0.15) is 5.01 Å². The number of benzene rings is 1. The summed E-state index contributed by atoms with van der Waals surface area (Å²) >= 11 is 1.53. The molecule has 1 heterocycles. The largest absolute Gasteiger partial charge is 0.245 e. The van der Waals surface area contributed by atoms with Crippen LogP contribution < -0.4 is 4.72 Å². The standard InChI is InChI=1S/C14H16N2O2S2/c17-20(18,10-11-4-2-1-3-5-11)15-8-14-16-13(9-19-14)12-6-7-12/h1-5,9,12,15H,6-8,10H2. The molecule has 0 spiro atoms. The Morgan fingerprint density at radius 2 is 2.00 bits per heavy atom. The van der Waals surface area contributed by atoms with E-state index in [9.17, 15) is 8.42 Å². The Hall–Kier alpha value is -1.24. The third-order valence-corrected chi connectivity index (χ3v) is 5.37. The van der Waals surface area contributed by atoms with Crippen LogP contribution in [-0.2, 0) is 22.3 Å². The summed E-state index contributed by atoms with van der Waals surface area (Å²) in [6.07, 6.45) is 2.42. The Balaban J connectivity index is 1.58.